The highest BCUT2D eigenvalue weighted by molar-refractivity contribution is 7.19. The van der Waals surface area contributed by atoms with Gasteiger partial charge in [0, 0.05) is 17.7 Å². The number of hydrogen-bond donors (Lipinski definition) is 0. The van der Waals surface area contributed by atoms with E-state index in [0.29, 0.717) is 20.8 Å². The summed E-state index contributed by atoms with van der Waals surface area (Å²) in [7, 11) is 0. The molecule has 3 aromatic rings. The second-order valence-electron chi connectivity index (χ2n) is 4.71. The molecule has 2 aromatic carbocycles. The lowest BCUT2D eigenvalue weighted by atomic mass is 10.2. The zero-order chi connectivity index (χ0) is 17.1. The number of nitro groups is 1. The smallest absolute Gasteiger partial charge is 0.387 e. The van der Waals surface area contributed by atoms with E-state index < -0.39 is 11.5 Å². The quantitative estimate of drug-likeness (QED) is 0.482. The van der Waals surface area contributed by atoms with Crippen LogP contribution in [0.15, 0.2) is 42.5 Å². The molecule has 0 fully saturated rings. The molecule has 0 radical (unpaired) electrons. The molecule has 0 saturated heterocycles. The molecular weight excluding hydrogens is 338 g/mol. The van der Waals surface area contributed by atoms with Crippen LogP contribution >= 0.6 is 11.3 Å². The van der Waals surface area contributed by atoms with E-state index in [9.17, 15) is 18.9 Å². The molecule has 5 nitrogen and oxygen atoms in total. The summed E-state index contributed by atoms with van der Waals surface area (Å²) in [6.45, 7) is -2.90. The summed E-state index contributed by atoms with van der Waals surface area (Å²) in [5.41, 5.74) is 1.13. The lowest BCUT2D eigenvalue weighted by Crippen LogP contribution is -2.02. The molecule has 0 aliphatic heterocycles. The first-order chi connectivity index (χ1) is 11.5. The molecule has 0 saturated carbocycles. The molecule has 0 spiro atoms. The second kappa shape index (κ2) is 6.71. The van der Waals surface area contributed by atoms with Crippen molar-refractivity contribution in [1.29, 1.82) is 0 Å². The van der Waals surface area contributed by atoms with Gasteiger partial charge in [-0.25, -0.2) is 4.98 Å². The topological polar surface area (TPSA) is 65.3 Å². The SMILES string of the molecule is O=[N+]([O-])c1ccc2nc(/C=C/c3ccccc3OC(F)F)sc2c1. The number of ether oxygens (including phenoxy) is 1. The van der Waals surface area contributed by atoms with Gasteiger partial charge in [-0.3, -0.25) is 10.1 Å². The van der Waals surface area contributed by atoms with E-state index in [-0.39, 0.29) is 11.4 Å². The van der Waals surface area contributed by atoms with Crippen molar-refractivity contribution in [2.75, 3.05) is 0 Å². The minimum Gasteiger partial charge on any atom is -0.434 e. The van der Waals surface area contributed by atoms with Gasteiger partial charge >= 0.3 is 6.61 Å². The number of fused-ring (bicyclic) bond motifs is 1. The summed E-state index contributed by atoms with van der Waals surface area (Å²) >= 11 is 1.28. The van der Waals surface area contributed by atoms with Crippen LogP contribution in [0.25, 0.3) is 22.4 Å². The average molecular weight is 348 g/mol. The maximum atomic E-state index is 12.4. The zero-order valence-corrected chi connectivity index (χ0v) is 12.9. The number of aromatic nitrogens is 1. The maximum Gasteiger partial charge on any atom is 0.387 e. The zero-order valence-electron chi connectivity index (χ0n) is 12.1. The Balaban J connectivity index is 1.89. The van der Waals surface area contributed by atoms with Crippen molar-refractivity contribution in [3.05, 3.63) is 63.1 Å². The predicted molar refractivity (Wildman–Crippen MR) is 88.3 cm³/mol. The van der Waals surface area contributed by atoms with Crippen LogP contribution in [0.5, 0.6) is 5.75 Å². The van der Waals surface area contributed by atoms with Crippen LogP contribution in [-0.4, -0.2) is 16.5 Å². The van der Waals surface area contributed by atoms with E-state index in [1.165, 1.54) is 29.5 Å². The number of para-hydroxylation sites is 1. The van der Waals surface area contributed by atoms with Gasteiger partial charge in [0.2, 0.25) is 0 Å². The molecule has 3 rings (SSSR count). The van der Waals surface area contributed by atoms with Gasteiger partial charge in [0.25, 0.3) is 5.69 Å². The number of benzene rings is 2. The van der Waals surface area contributed by atoms with E-state index in [2.05, 4.69) is 9.72 Å². The van der Waals surface area contributed by atoms with Crippen molar-refractivity contribution >= 4 is 39.4 Å². The van der Waals surface area contributed by atoms with Crippen LogP contribution in [0, 0.1) is 10.1 Å². The van der Waals surface area contributed by atoms with E-state index in [0.717, 1.165) is 0 Å². The Morgan fingerprint density at radius 1 is 1.21 bits per heavy atom. The summed E-state index contributed by atoms with van der Waals surface area (Å²) in [5, 5.41) is 11.4. The Labute approximate surface area is 139 Å². The van der Waals surface area contributed by atoms with Crippen molar-refractivity contribution in [2.24, 2.45) is 0 Å². The van der Waals surface area contributed by atoms with Crippen LogP contribution in [0.2, 0.25) is 0 Å². The normalized spacial score (nSPS) is 11.5. The summed E-state index contributed by atoms with van der Waals surface area (Å²) < 4.78 is 29.9. The number of nitro benzene ring substituents is 1. The van der Waals surface area contributed by atoms with Gasteiger partial charge in [-0.1, -0.05) is 18.2 Å². The number of halogens is 2. The molecule has 0 unspecified atom stereocenters. The van der Waals surface area contributed by atoms with Crippen molar-refractivity contribution in [1.82, 2.24) is 4.98 Å². The highest BCUT2D eigenvalue weighted by Gasteiger charge is 2.10. The molecule has 1 heterocycles. The van der Waals surface area contributed by atoms with E-state index in [1.54, 1.807) is 36.4 Å². The first-order valence-electron chi connectivity index (χ1n) is 6.80. The predicted octanol–water partition coefficient (Wildman–Crippen LogP) is 4.98. The molecule has 0 atom stereocenters. The number of thiazole rings is 1. The molecule has 0 aliphatic rings. The van der Waals surface area contributed by atoms with Crippen LogP contribution in [0.3, 0.4) is 0 Å². The highest BCUT2D eigenvalue weighted by Crippen LogP contribution is 2.28. The summed E-state index contributed by atoms with van der Waals surface area (Å²) in [6, 6.07) is 10.8. The summed E-state index contributed by atoms with van der Waals surface area (Å²) in [5.74, 6) is 0.0699. The summed E-state index contributed by atoms with van der Waals surface area (Å²) in [4.78, 5) is 14.7. The highest BCUT2D eigenvalue weighted by atomic mass is 32.1. The minimum absolute atomic E-state index is 0.00245. The fraction of sp³-hybridized carbons (Fsp3) is 0.0625. The number of non-ortho nitro benzene ring substituents is 1. The van der Waals surface area contributed by atoms with Crippen LogP contribution in [0.1, 0.15) is 10.6 Å². The van der Waals surface area contributed by atoms with Crippen LogP contribution < -0.4 is 4.74 Å². The maximum absolute atomic E-state index is 12.4. The standard InChI is InChI=1S/C16H10F2N2O3S/c17-16(18)23-13-4-2-1-3-10(13)5-8-15-19-12-7-6-11(20(21)22)9-14(12)24-15/h1-9,16H/b8-5+. The van der Waals surface area contributed by atoms with E-state index in [4.69, 9.17) is 0 Å². The van der Waals surface area contributed by atoms with Crippen molar-refractivity contribution in [3.8, 4) is 5.75 Å². The largest absolute Gasteiger partial charge is 0.434 e. The molecule has 0 bridgehead atoms. The van der Waals surface area contributed by atoms with Crippen molar-refractivity contribution in [3.63, 3.8) is 0 Å². The van der Waals surface area contributed by atoms with Crippen LogP contribution in [-0.2, 0) is 0 Å². The Morgan fingerprint density at radius 2 is 2.00 bits per heavy atom. The number of rotatable bonds is 5. The Hall–Kier alpha value is -2.87. The first-order valence-corrected chi connectivity index (χ1v) is 7.61. The molecule has 0 aliphatic carbocycles. The third kappa shape index (κ3) is 3.54. The minimum atomic E-state index is -2.90. The number of alkyl halides is 2. The number of hydrogen-bond acceptors (Lipinski definition) is 5. The molecule has 122 valence electrons. The van der Waals surface area contributed by atoms with Crippen molar-refractivity contribution < 1.29 is 18.4 Å². The van der Waals surface area contributed by atoms with Gasteiger partial charge in [0.15, 0.2) is 0 Å². The first kappa shape index (κ1) is 16.0. The van der Waals surface area contributed by atoms with Gasteiger partial charge in [-0.2, -0.15) is 8.78 Å². The Morgan fingerprint density at radius 3 is 2.75 bits per heavy atom. The molecule has 8 heteroatoms. The lowest BCUT2D eigenvalue weighted by Gasteiger charge is -2.06. The molecule has 24 heavy (non-hydrogen) atoms. The van der Waals surface area contributed by atoms with Crippen LogP contribution in [0.4, 0.5) is 14.5 Å². The molecular formula is C16H10F2N2O3S. The van der Waals surface area contributed by atoms with Gasteiger partial charge < -0.3 is 4.74 Å². The fourth-order valence-corrected chi connectivity index (χ4v) is 3.00. The summed E-state index contributed by atoms with van der Waals surface area (Å²) in [6.07, 6.45) is 3.27. The van der Waals surface area contributed by atoms with Crippen molar-refractivity contribution in [2.45, 2.75) is 6.61 Å². The van der Waals surface area contributed by atoms with Gasteiger partial charge in [-0.05, 0) is 24.3 Å². The van der Waals surface area contributed by atoms with Gasteiger partial charge in [0.1, 0.15) is 10.8 Å². The van der Waals surface area contributed by atoms with E-state index >= 15 is 0 Å². The second-order valence-corrected chi connectivity index (χ2v) is 5.77. The van der Waals surface area contributed by atoms with Gasteiger partial charge in [-0.15, -0.1) is 11.3 Å². The molecule has 0 N–H and O–H groups in total. The third-order valence-corrected chi connectivity index (χ3v) is 4.12. The Kier molecular flexibility index (Phi) is 4.48. The monoisotopic (exact) mass is 348 g/mol. The fourth-order valence-electron chi connectivity index (χ4n) is 2.10. The molecule has 1 aromatic heterocycles. The lowest BCUT2D eigenvalue weighted by molar-refractivity contribution is -0.384. The Bertz CT molecular complexity index is 925. The average Bonchev–Trinajstić information content (AvgIpc) is 2.95. The van der Waals surface area contributed by atoms with Gasteiger partial charge in [0.05, 0.1) is 15.1 Å². The third-order valence-electron chi connectivity index (χ3n) is 3.14. The number of nitrogens with zero attached hydrogens (tertiary/aromatic N) is 2. The van der Waals surface area contributed by atoms with E-state index in [1.807, 2.05) is 0 Å². The molecule has 0 amide bonds.